The molecular weight excluding hydrogens is 278 g/mol. The Morgan fingerprint density at radius 2 is 1.64 bits per heavy atom. The summed E-state index contributed by atoms with van der Waals surface area (Å²) in [6.45, 7) is 14.4. The lowest BCUT2D eigenvalue weighted by Crippen LogP contribution is -2.41. The molecule has 1 aromatic carbocycles. The molecule has 1 heterocycles. The van der Waals surface area contributed by atoms with E-state index in [0.717, 1.165) is 17.4 Å². The molecule has 122 valence electrons. The Labute approximate surface area is 134 Å². The number of rotatable bonds is 4. The van der Waals surface area contributed by atoms with E-state index in [0.29, 0.717) is 5.92 Å². The maximum atomic E-state index is 14.6. The van der Waals surface area contributed by atoms with Crippen LogP contribution in [0.5, 0.6) is 0 Å². The third-order valence-electron chi connectivity index (χ3n) is 5.19. The Bertz CT molecular complexity index is 524. The summed E-state index contributed by atoms with van der Waals surface area (Å²) in [4.78, 5) is 0. The van der Waals surface area contributed by atoms with Gasteiger partial charge in [0.25, 0.3) is 0 Å². The van der Waals surface area contributed by atoms with E-state index in [1.165, 1.54) is 0 Å². The van der Waals surface area contributed by atoms with Crippen molar-refractivity contribution in [2.24, 2.45) is 5.92 Å². The molecular formula is C18H28BFO2. The minimum absolute atomic E-state index is 0.159. The molecule has 4 heteroatoms. The molecule has 2 rings (SSSR count). The minimum Gasteiger partial charge on any atom is -0.399 e. The molecule has 1 fully saturated rings. The highest BCUT2D eigenvalue weighted by molar-refractivity contribution is 6.62. The summed E-state index contributed by atoms with van der Waals surface area (Å²) < 4.78 is 26.6. The molecule has 0 bridgehead atoms. The Morgan fingerprint density at radius 3 is 2.05 bits per heavy atom. The number of benzene rings is 1. The van der Waals surface area contributed by atoms with Crippen molar-refractivity contribution in [1.29, 1.82) is 0 Å². The van der Waals surface area contributed by atoms with Crippen molar-refractivity contribution in [2.75, 3.05) is 0 Å². The largest absolute Gasteiger partial charge is 0.494 e. The lowest BCUT2D eigenvalue weighted by molar-refractivity contribution is 0.00578. The normalized spacial score (nSPS) is 21.4. The van der Waals surface area contributed by atoms with Gasteiger partial charge in [-0.2, -0.15) is 0 Å². The zero-order valence-corrected chi connectivity index (χ0v) is 14.9. The van der Waals surface area contributed by atoms with Gasteiger partial charge < -0.3 is 9.31 Å². The van der Waals surface area contributed by atoms with Gasteiger partial charge in [0.05, 0.1) is 11.2 Å². The van der Waals surface area contributed by atoms with Crippen LogP contribution in [0.15, 0.2) is 18.2 Å². The van der Waals surface area contributed by atoms with Crippen LogP contribution < -0.4 is 5.46 Å². The molecule has 0 N–H and O–H groups in total. The van der Waals surface area contributed by atoms with Crippen molar-refractivity contribution in [3.05, 3.63) is 29.6 Å². The van der Waals surface area contributed by atoms with Gasteiger partial charge in [0, 0.05) is 0 Å². The average molecular weight is 306 g/mol. The SMILES string of the molecule is CCC(c1ccc(B2OC(C)(C)C(C)(C)O2)cc1F)C(C)C. The van der Waals surface area contributed by atoms with E-state index in [1.54, 1.807) is 6.07 Å². The van der Waals surface area contributed by atoms with E-state index < -0.39 is 18.3 Å². The summed E-state index contributed by atoms with van der Waals surface area (Å²) in [6.07, 6.45) is 0.935. The fraction of sp³-hybridized carbons (Fsp3) is 0.667. The van der Waals surface area contributed by atoms with Gasteiger partial charge in [0.2, 0.25) is 0 Å². The first-order valence-corrected chi connectivity index (χ1v) is 8.24. The zero-order chi connectivity index (χ0) is 16.7. The topological polar surface area (TPSA) is 18.5 Å². The highest BCUT2D eigenvalue weighted by Gasteiger charge is 2.51. The fourth-order valence-electron chi connectivity index (χ4n) is 3.02. The van der Waals surface area contributed by atoms with Crippen LogP contribution in [0.25, 0.3) is 0 Å². The number of hydrogen-bond acceptors (Lipinski definition) is 2. The average Bonchev–Trinajstić information content (AvgIpc) is 2.61. The highest BCUT2D eigenvalue weighted by Crippen LogP contribution is 2.37. The van der Waals surface area contributed by atoms with E-state index in [4.69, 9.17) is 9.31 Å². The Hall–Kier alpha value is -0.865. The van der Waals surface area contributed by atoms with Crippen LogP contribution in [0.1, 0.15) is 66.4 Å². The second-order valence-corrected chi connectivity index (χ2v) is 7.63. The standard InChI is InChI=1S/C18H28BFO2/c1-8-14(12(2)3)15-10-9-13(11-16(15)20)19-21-17(4,5)18(6,7)22-19/h9-12,14H,8H2,1-7H3. The third kappa shape index (κ3) is 3.09. The third-order valence-corrected chi connectivity index (χ3v) is 5.19. The second kappa shape index (κ2) is 5.97. The van der Waals surface area contributed by atoms with E-state index in [-0.39, 0.29) is 11.7 Å². The molecule has 22 heavy (non-hydrogen) atoms. The molecule has 1 aromatic rings. The Balaban J connectivity index is 2.28. The summed E-state index contributed by atoms with van der Waals surface area (Å²) in [5.74, 6) is 0.502. The van der Waals surface area contributed by atoms with Crippen molar-refractivity contribution in [2.45, 2.75) is 72.0 Å². The minimum atomic E-state index is -0.507. The smallest absolute Gasteiger partial charge is 0.399 e. The lowest BCUT2D eigenvalue weighted by Gasteiger charge is -2.32. The maximum absolute atomic E-state index is 14.6. The molecule has 1 aliphatic rings. The summed E-state index contributed by atoms with van der Waals surface area (Å²) in [6, 6.07) is 5.40. The molecule has 0 aliphatic carbocycles. The van der Waals surface area contributed by atoms with Gasteiger partial charge in [-0.1, -0.05) is 32.9 Å². The van der Waals surface area contributed by atoms with E-state index in [2.05, 4.69) is 20.8 Å². The summed E-state index contributed by atoms with van der Waals surface area (Å²) in [5, 5.41) is 0. The molecule has 1 aliphatic heterocycles. The van der Waals surface area contributed by atoms with Crippen LogP contribution in [-0.2, 0) is 9.31 Å². The first-order valence-electron chi connectivity index (χ1n) is 8.24. The molecule has 2 nitrogen and oxygen atoms in total. The van der Waals surface area contributed by atoms with Crippen LogP contribution in [0.3, 0.4) is 0 Å². The van der Waals surface area contributed by atoms with Gasteiger partial charge in [0.1, 0.15) is 5.82 Å². The first-order chi connectivity index (χ1) is 10.1. The van der Waals surface area contributed by atoms with Crippen LogP contribution >= 0.6 is 0 Å². The second-order valence-electron chi connectivity index (χ2n) is 7.63. The van der Waals surface area contributed by atoms with Crippen molar-refractivity contribution in [3.8, 4) is 0 Å². The predicted octanol–water partition coefficient (Wildman–Crippen LogP) is 4.27. The summed E-state index contributed by atoms with van der Waals surface area (Å²) in [7, 11) is -0.507. The van der Waals surface area contributed by atoms with Crippen LogP contribution in [-0.4, -0.2) is 18.3 Å². The molecule has 0 aromatic heterocycles. The Kier molecular flexibility index (Phi) is 4.75. The maximum Gasteiger partial charge on any atom is 0.494 e. The molecule has 0 amide bonds. The van der Waals surface area contributed by atoms with Gasteiger partial charge in [0.15, 0.2) is 0 Å². The number of halogens is 1. The molecule has 0 spiro atoms. The predicted molar refractivity (Wildman–Crippen MR) is 90.0 cm³/mol. The van der Waals surface area contributed by atoms with Gasteiger partial charge in [-0.05, 0) is 63.0 Å². The molecule has 0 saturated carbocycles. The van der Waals surface area contributed by atoms with Gasteiger partial charge >= 0.3 is 7.12 Å². The van der Waals surface area contributed by atoms with Gasteiger partial charge in [-0.25, -0.2) is 4.39 Å². The van der Waals surface area contributed by atoms with Gasteiger partial charge in [-0.15, -0.1) is 0 Å². The molecule has 1 unspecified atom stereocenters. The first kappa shape index (κ1) is 17.5. The summed E-state index contributed by atoms with van der Waals surface area (Å²) >= 11 is 0. The monoisotopic (exact) mass is 306 g/mol. The fourth-order valence-corrected chi connectivity index (χ4v) is 3.02. The van der Waals surface area contributed by atoms with E-state index in [1.807, 2.05) is 39.8 Å². The molecule has 1 saturated heterocycles. The van der Waals surface area contributed by atoms with Crippen molar-refractivity contribution in [1.82, 2.24) is 0 Å². The van der Waals surface area contributed by atoms with Crippen LogP contribution in [0, 0.1) is 11.7 Å². The van der Waals surface area contributed by atoms with Gasteiger partial charge in [-0.3, -0.25) is 0 Å². The molecule has 0 radical (unpaired) electrons. The van der Waals surface area contributed by atoms with Crippen LogP contribution in [0.4, 0.5) is 4.39 Å². The molecule has 1 atom stereocenters. The van der Waals surface area contributed by atoms with E-state index >= 15 is 0 Å². The Morgan fingerprint density at radius 1 is 1.09 bits per heavy atom. The van der Waals surface area contributed by atoms with Crippen molar-refractivity contribution >= 4 is 12.6 Å². The summed E-state index contributed by atoms with van der Waals surface area (Å²) in [5.41, 5.74) is 0.726. The zero-order valence-electron chi connectivity index (χ0n) is 14.9. The van der Waals surface area contributed by atoms with E-state index in [9.17, 15) is 4.39 Å². The highest BCUT2D eigenvalue weighted by atomic mass is 19.1. The van der Waals surface area contributed by atoms with Crippen molar-refractivity contribution in [3.63, 3.8) is 0 Å². The van der Waals surface area contributed by atoms with Crippen LogP contribution in [0.2, 0.25) is 0 Å². The lowest BCUT2D eigenvalue weighted by atomic mass is 9.77. The number of hydrogen-bond donors (Lipinski definition) is 0. The quantitative estimate of drug-likeness (QED) is 0.773. The van der Waals surface area contributed by atoms with Crippen molar-refractivity contribution < 1.29 is 13.7 Å².